The van der Waals surface area contributed by atoms with E-state index >= 15 is 0 Å². The van der Waals surface area contributed by atoms with E-state index in [1.807, 2.05) is 6.92 Å². The third-order valence-corrected chi connectivity index (χ3v) is 5.56. The predicted molar refractivity (Wildman–Crippen MR) is 111 cm³/mol. The standard InChI is InChI=1S/C21H40N4O2/c1-4-22-21(25-15-9-11-19(17-25)20(26)27-5-2)23-12-6-7-13-24-14-8-10-18(3)16-24/h18-19H,4-17H2,1-3H3,(H,22,23). The molecule has 2 aliphatic rings. The Kier molecular flexibility index (Phi) is 9.95. The maximum Gasteiger partial charge on any atom is 0.310 e. The SMILES string of the molecule is CCNC(=NCCCCN1CCCC(C)C1)N1CCCC(C(=O)OCC)C1. The smallest absolute Gasteiger partial charge is 0.310 e. The molecule has 1 N–H and O–H groups in total. The summed E-state index contributed by atoms with van der Waals surface area (Å²) in [4.78, 5) is 21.8. The van der Waals surface area contributed by atoms with Crippen LogP contribution in [-0.2, 0) is 9.53 Å². The Morgan fingerprint density at radius 3 is 2.70 bits per heavy atom. The second-order valence-electron chi connectivity index (χ2n) is 8.03. The number of guanidine groups is 1. The molecule has 2 unspecified atom stereocenters. The predicted octanol–water partition coefficient (Wildman–Crippen LogP) is 2.74. The number of piperidine rings is 2. The average molecular weight is 381 g/mol. The number of nitrogens with one attached hydrogen (secondary N) is 1. The second kappa shape index (κ2) is 12.2. The minimum absolute atomic E-state index is 0.0244. The Bertz CT molecular complexity index is 469. The number of hydrogen-bond acceptors (Lipinski definition) is 4. The van der Waals surface area contributed by atoms with Gasteiger partial charge in [-0.15, -0.1) is 0 Å². The zero-order valence-corrected chi connectivity index (χ0v) is 17.7. The van der Waals surface area contributed by atoms with E-state index in [1.54, 1.807) is 0 Å². The van der Waals surface area contributed by atoms with Crippen molar-refractivity contribution in [1.82, 2.24) is 15.1 Å². The van der Waals surface area contributed by atoms with Crippen molar-refractivity contribution in [3.8, 4) is 0 Å². The molecule has 6 heteroatoms. The van der Waals surface area contributed by atoms with Crippen molar-refractivity contribution in [3.05, 3.63) is 0 Å². The molecule has 0 saturated carbocycles. The van der Waals surface area contributed by atoms with E-state index in [0.29, 0.717) is 6.61 Å². The molecule has 2 aliphatic heterocycles. The van der Waals surface area contributed by atoms with Crippen LogP contribution in [0, 0.1) is 11.8 Å². The van der Waals surface area contributed by atoms with Crippen molar-refractivity contribution < 1.29 is 9.53 Å². The number of nitrogens with zero attached hydrogens (tertiary/aromatic N) is 3. The monoisotopic (exact) mass is 380 g/mol. The van der Waals surface area contributed by atoms with Crippen LogP contribution in [0.3, 0.4) is 0 Å². The van der Waals surface area contributed by atoms with E-state index in [1.165, 1.54) is 38.9 Å². The Hall–Kier alpha value is -1.30. The molecule has 27 heavy (non-hydrogen) atoms. The third-order valence-electron chi connectivity index (χ3n) is 5.56. The first kappa shape index (κ1) is 22.0. The van der Waals surface area contributed by atoms with Crippen molar-refractivity contribution in [3.63, 3.8) is 0 Å². The molecule has 2 rings (SSSR count). The van der Waals surface area contributed by atoms with Crippen molar-refractivity contribution in [2.45, 2.75) is 59.3 Å². The van der Waals surface area contributed by atoms with Gasteiger partial charge in [-0.1, -0.05) is 6.92 Å². The minimum atomic E-state index is -0.0613. The van der Waals surface area contributed by atoms with Crippen molar-refractivity contribution in [2.75, 3.05) is 52.4 Å². The number of aliphatic imine (C=N–C) groups is 1. The zero-order chi connectivity index (χ0) is 19.5. The maximum absolute atomic E-state index is 12.1. The summed E-state index contributed by atoms with van der Waals surface area (Å²) in [5.41, 5.74) is 0. The first-order valence-corrected chi connectivity index (χ1v) is 11.1. The summed E-state index contributed by atoms with van der Waals surface area (Å²) < 4.78 is 5.22. The van der Waals surface area contributed by atoms with E-state index in [-0.39, 0.29) is 11.9 Å². The molecule has 2 fully saturated rings. The molecule has 2 saturated heterocycles. The van der Waals surface area contributed by atoms with Gasteiger partial charge in [0.1, 0.15) is 0 Å². The molecule has 2 atom stereocenters. The lowest BCUT2D eigenvalue weighted by atomic mass is 9.98. The van der Waals surface area contributed by atoms with Crippen LogP contribution < -0.4 is 5.32 Å². The zero-order valence-electron chi connectivity index (χ0n) is 17.7. The van der Waals surface area contributed by atoms with E-state index < -0.39 is 0 Å². The van der Waals surface area contributed by atoms with E-state index in [0.717, 1.165) is 57.3 Å². The van der Waals surface area contributed by atoms with Crippen LogP contribution >= 0.6 is 0 Å². The number of likely N-dealkylation sites (tertiary alicyclic amines) is 2. The summed E-state index contributed by atoms with van der Waals surface area (Å²) in [5, 5.41) is 3.40. The van der Waals surface area contributed by atoms with Gasteiger partial charge >= 0.3 is 5.97 Å². The molecule has 0 aliphatic carbocycles. The highest BCUT2D eigenvalue weighted by atomic mass is 16.5. The lowest BCUT2D eigenvalue weighted by Crippen LogP contribution is -2.48. The molecule has 156 valence electrons. The highest BCUT2D eigenvalue weighted by molar-refractivity contribution is 5.81. The molecule has 0 amide bonds. The van der Waals surface area contributed by atoms with Gasteiger partial charge in [0.2, 0.25) is 0 Å². The van der Waals surface area contributed by atoms with Gasteiger partial charge in [-0.3, -0.25) is 9.79 Å². The van der Waals surface area contributed by atoms with Gasteiger partial charge in [-0.05, 0) is 71.4 Å². The van der Waals surface area contributed by atoms with Crippen LogP contribution in [0.4, 0.5) is 0 Å². The number of ether oxygens (including phenoxy) is 1. The van der Waals surface area contributed by atoms with Crippen LogP contribution in [0.2, 0.25) is 0 Å². The summed E-state index contributed by atoms with van der Waals surface area (Å²) in [6, 6.07) is 0. The van der Waals surface area contributed by atoms with Gasteiger partial charge in [0.05, 0.1) is 12.5 Å². The number of rotatable bonds is 8. The van der Waals surface area contributed by atoms with Crippen LogP contribution in [0.5, 0.6) is 0 Å². The molecule has 0 aromatic rings. The van der Waals surface area contributed by atoms with Crippen molar-refractivity contribution >= 4 is 11.9 Å². The van der Waals surface area contributed by atoms with Gasteiger partial charge in [-0.2, -0.15) is 0 Å². The van der Waals surface area contributed by atoms with E-state index in [9.17, 15) is 4.79 Å². The maximum atomic E-state index is 12.1. The topological polar surface area (TPSA) is 57.2 Å². The summed E-state index contributed by atoms with van der Waals surface area (Å²) in [6.45, 7) is 13.9. The first-order chi connectivity index (χ1) is 13.1. The lowest BCUT2D eigenvalue weighted by molar-refractivity contribution is -0.149. The molecule has 2 heterocycles. The fourth-order valence-electron chi connectivity index (χ4n) is 4.17. The number of hydrogen-bond donors (Lipinski definition) is 1. The van der Waals surface area contributed by atoms with Gasteiger partial charge in [-0.25, -0.2) is 0 Å². The highest BCUT2D eigenvalue weighted by Gasteiger charge is 2.28. The summed E-state index contributed by atoms with van der Waals surface area (Å²) in [7, 11) is 0. The summed E-state index contributed by atoms with van der Waals surface area (Å²) in [5.74, 6) is 1.72. The quantitative estimate of drug-likeness (QED) is 0.304. The third kappa shape index (κ3) is 7.68. The Balaban J connectivity index is 1.76. The molecular weight excluding hydrogens is 340 g/mol. The molecule has 0 aromatic carbocycles. The Labute approximate surface area is 165 Å². The number of unbranched alkanes of at least 4 members (excludes halogenated alkanes) is 1. The summed E-state index contributed by atoms with van der Waals surface area (Å²) >= 11 is 0. The van der Waals surface area contributed by atoms with Gasteiger partial charge in [0.25, 0.3) is 0 Å². The summed E-state index contributed by atoms with van der Waals surface area (Å²) in [6.07, 6.45) is 7.00. The molecule has 0 aromatic heterocycles. The molecular formula is C21H40N4O2. The highest BCUT2D eigenvalue weighted by Crippen LogP contribution is 2.18. The largest absolute Gasteiger partial charge is 0.466 e. The van der Waals surface area contributed by atoms with E-state index in [4.69, 9.17) is 9.73 Å². The second-order valence-corrected chi connectivity index (χ2v) is 8.03. The van der Waals surface area contributed by atoms with Gasteiger partial charge in [0, 0.05) is 32.7 Å². The normalized spacial score (nSPS) is 24.7. The van der Waals surface area contributed by atoms with E-state index in [2.05, 4.69) is 29.0 Å². The minimum Gasteiger partial charge on any atom is -0.466 e. The van der Waals surface area contributed by atoms with Crippen molar-refractivity contribution in [1.29, 1.82) is 0 Å². The van der Waals surface area contributed by atoms with Crippen molar-refractivity contribution in [2.24, 2.45) is 16.8 Å². The molecule has 6 nitrogen and oxygen atoms in total. The van der Waals surface area contributed by atoms with Crippen LogP contribution in [0.25, 0.3) is 0 Å². The average Bonchev–Trinajstić information content (AvgIpc) is 2.67. The number of esters is 1. The fraction of sp³-hybridized carbons (Fsp3) is 0.905. The Morgan fingerprint density at radius 2 is 1.96 bits per heavy atom. The van der Waals surface area contributed by atoms with Crippen LogP contribution in [0.1, 0.15) is 59.3 Å². The Morgan fingerprint density at radius 1 is 1.15 bits per heavy atom. The fourth-order valence-corrected chi connectivity index (χ4v) is 4.17. The van der Waals surface area contributed by atoms with Crippen LogP contribution in [-0.4, -0.2) is 74.1 Å². The number of carbonyl (C=O) groups excluding carboxylic acids is 1. The first-order valence-electron chi connectivity index (χ1n) is 11.1. The van der Waals surface area contributed by atoms with Crippen LogP contribution in [0.15, 0.2) is 4.99 Å². The van der Waals surface area contributed by atoms with Gasteiger partial charge < -0.3 is 19.9 Å². The van der Waals surface area contributed by atoms with Gasteiger partial charge in [0.15, 0.2) is 5.96 Å². The molecule has 0 radical (unpaired) electrons. The molecule has 0 spiro atoms. The number of carbonyl (C=O) groups is 1. The molecule has 0 bridgehead atoms. The lowest BCUT2D eigenvalue weighted by Gasteiger charge is -2.34.